The maximum Gasteiger partial charge on any atom is 0.264 e. The van der Waals surface area contributed by atoms with Gasteiger partial charge < -0.3 is 10.1 Å². The second-order valence-electron chi connectivity index (χ2n) is 4.85. The molecule has 1 aliphatic heterocycles. The Hall–Kier alpha value is -1.32. The predicted molar refractivity (Wildman–Crippen MR) is 111 cm³/mol. The van der Waals surface area contributed by atoms with Gasteiger partial charge in [0, 0.05) is 13.6 Å². The summed E-state index contributed by atoms with van der Waals surface area (Å²) in [5.74, 6) is 0.550. The Balaban J connectivity index is 1.89. The second kappa shape index (κ2) is 7.71. The number of benzene rings is 2. The van der Waals surface area contributed by atoms with Crippen LogP contribution in [0.5, 0.6) is 5.75 Å². The minimum Gasteiger partial charge on any atom is -0.496 e. The molecule has 2 aromatic carbocycles. The Morgan fingerprint density at radius 1 is 1.29 bits per heavy atom. The van der Waals surface area contributed by atoms with Crippen molar-refractivity contribution in [2.45, 2.75) is 0 Å². The quantitative estimate of drug-likeness (QED) is 0.465. The van der Waals surface area contributed by atoms with E-state index in [9.17, 15) is 4.79 Å². The predicted octanol–water partition coefficient (Wildman–Crippen LogP) is 4.95. The molecule has 7 heteroatoms. The Labute approximate surface area is 166 Å². The number of ether oxygens (including phenoxy) is 1. The lowest BCUT2D eigenvalue weighted by Gasteiger charge is -2.05. The highest BCUT2D eigenvalue weighted by Crippen LogP contribution is 2.32. The number of thioether (sulfide) groups is 1. The van der Waals surface area contributed by atoms with Crippen molar-refractivity contribution in [1.82, 2.24) is 5.32 Å². The highest BCUT2D eigenvalue weighted by molar-refractivity contribution is 14.1. The number of carbonyl (C=O) groups excluding carboxylic acids is 1. The maximum absolute atomic E-state index is 12.2. The molecule has 0 bridgehead atoms. The van der Waals surface area contributed by atoms with E-state index in [2.05, 4.69) is 48.8 Å². The SMILES string of the molecule is COc1ccc(Br)cc1/C=C1/SC(=Nc2cccc(I)c2)NC1=O. The van der Waals surface area contributed by atoms with Crippen molar-refractivity contribution < 1.29 is 9.53 Å². The second-order valence-corrected chi connectivity index (χ2v) is 8.04. The Kier molecular flexibility index (Phi) is 5.62. The first-order valence-electron chi connectivity index (χ1n) is 6.94. The molecule has 1 amide bonds. The van der Waals surface area contributed by atoms with Crippen molar-refractivity contribution in [3.05, 3.63) is 61.0 Å². The zero-order chi connectivity index (χ0) is 17.1. The lowest BCUT2D eigenvalue weighted by Crippen LogP contribution is -2.19. The van der Waals surface area contributed by atoms with Gasteiger partial charge in [0.05, 0.1) is 17.7 Å². The van der Waals surface area contributed by atoms with Gasteiger partial charge in [0.25, 0.3) is 5.91 Å². The highest BCUT2D eigenvalue weighted by Gasteiger charge is 2.24. The van der Waals surface area contributed by atoms with E-state index >= 15 is 0 Å². The molecule has 4 nitrogen and oxygen atoms in total. The lowest BCUT2D eigenvalue weighted by atomic mass is 10.2. The number of nitrogens with zero attached hydrogens (tertiary/aromatic N) is 1. The Bertz CT molecular complexity index is 867. The summed E-state index contributed by atoms with van der Waals surface area (Å²) in [7, 11) is 1.61. The molecule has 0 unspecified atom stereocenters. The summed E-state index contributed by atoms with van der Waals surface area (Å²) in [6, 6.07) is 13.5. The summed E-state index contributed by atoms with van der Waals surface area (Å²) in [4.78, 5) is 17.3. The smallest absolute Gasteiger partial charge is 0.264 e. The third-order valence-electron chi connectivity index (χ3n) is 3.17. The van der Waals surface area contributed by atoms with Gasteiger partial charge >= 0.3 is 0 Å². The van der Waals surface area contributed by atoms with E-state index in [0.29, 0.717) is 15.8 Å². The average Bonchev–Trinajstić information content (AvgIpc) is 2.87. The largest absolute Gasteiger partial charge is 0.496 e. The van der Waals surface area contributed by atoms with Crippen LogP contribution in [0, 0.1) is 3.57 Å². The van der Waals surface area contributed by atoms with Crippen LogP contribution in [0.1, 0.15) is 5.56 Å². The summed E-state index contributed by atoms with van der Waals surface area (Å²) < 4.78 is 7.36. The number of amidine groups is 1. The summed E-state index contributed by atoms with van der Waals surface area (Å²) >= 11 is 6.99. The van der Waals surface area contributed by atoms with Crippen molar-refractivity contribution >= 4 is 73.1 Å². The van der Waals surface area contributed by atoms with Gasteiger partial charge in [-0.25, -0.2) is 4.99 Å². The number of aliphatic imine (C=N–C) groups is 1. The molecule has 0 aliphatic carbocycles. The fourth-order valence-corrected chi connectivity index (χ4v) is 3.84. The molecule has 0 spiro atoms. The number of halogens is 2. The molecular weight excluding hydrogens is 503 g/mol. The van der Waals surface area contributed by atoms with E-state index in [1.807, 2.05) is 42.5 Å². The standard InChI is InChI=1S/C17H12BrIN2O2S/c1-23-14-6-5-11(18)7-10(14)8-15-16(22)21-17(24-15)20-13-4-2-3-12(19)9-13/h2-9H,1H3,(H,20,21,22)/b15-8+. The topological polar surface area (TPSA) is 50.7 Å². The minimum absolute atomic E-state index is 0.161. The average molecular weight is 515 g/mol. The fourth-order valence-electron chi connectivity index (χ4n) is 2.10. The van der Waals surface area contributed by atoms with E-state index in [4.69, 9.17) is 4.74 Å². The molecule has 0 atom stereocenters. The summed E-state index contributed by atoms with van der Waals surface area (Å²) in [6.07, 6.45) is 1.81. The molecular formula is C17H12BrIN2O2S. The van der Waals surface area contributed by atoms with Crippen molar-refractivity contribution in [3.63, 3.8) is 0 Å². The van der Waals surface area contributed by atoms with Crippen LogP contribution in [-0.4, -0.2) is 18.2 Å². The van der Waals surface area contributed by atoms with Crippen molar-refractivity contribution in [1.29, 1.82) is 0 Å². The van der Waals surface area contributed by atoms with Crippen molar-refractivity contribution in [3.8, 4) is 5.75 Å². The van der Waals surface area contributed by atoms with Gasteiger partial charge in [0.15, 0.2) is 5.17 Å². The van der Waals surface area contributed by atoms with Crippen LogP contribution in [0.25, 0.3) is 6.08 Å². The number of amides is 1. The highest BCUT2D eigenvalue weighted by atomic mass is 127. The number of nitrogens with one attached hydrogen (secondary N) is 1. The number of carbonyl (C=O) groups is 1. The van der Waals surface area contributed by atoms with Crippen LogP contribution in [0.2, 0.25) is 0 Å². The summed E-state index contributed by atoms with van der Waals surface area (Å²) in [5.41, 5.74) is 1.64. The van der Waals surface area contributed by atoms with Gasteiger partial charge in [-0.1, -0.05) is 22.0 Å². The van der Waals surface area contributed by atoms with Crippen molar-refractivity contribution in [2.24, 2.45) is 4.99 Å². The third kappa shape index (κ3) is 4.20. The monoisotopic (exact) mass is 514 g/mol. The van der Waals surface area contributed by atoms with E-state index in [-0.39, 0.29) is 5.91 Å². The van der Waals surface area contributed by atoms with E-state index in [0.717, 1.165) is 19.3 Å². The van der Waals surface area contributed by atoms with Gasteiger partial charge in [0.1, 0.15) is 5.75 Å². The van der Waals surface area contributed by atoms with Crippen LogP contribution < -0.4 is 10.1 Å². The fraction of sp³-hybridized carbons (Fsp3) is 0.0588. The van der Waals surface area contributed by atoms with E-state index in [1.54, 1.807) is 13.2 Å². The van der Waals surface area contributed by atoms with E-state index in [1.165, 1.54) is 11.8 Å². The zero-order valence-electron chi connectivity index (χ0n) is 12.5. The van der Waals surface area contributed by atoms with Gasteiger partial charge in [-0.05, 0) is 76.8 Å². The summed E-state index contributed by atoms with van der Waals surface area (Å²) in [6.45, 7) is 0. The third-order valence-corrected chi connectivity index (χ3v) is 5.24. The van der Waals surface area contributed by atoms with Crippen LogP contribution in [0.4, 0.5) is 5.69 Å². The summed E-state index contributed by atoms with van der Waals surface area (Å²) in [5, 5.41) is 3.37. The molecule has 24 heavy (non-hydrogen) atoms. The molecule has 1 saturated heterocycles. The molecule has 2 aromatic rings. The van der Waals surface area contributed by atoms with Crippen LogP contribution in [0.3, 0.4) is 0 Å². The zero-order valence-corrected chi connectivity index (χ0v) is 17.1. The number of rotatable bonds is 3. The Morgan fingerprint density at radius 2 is 2.12 bits per heavy atom. The van der Waals surface area contributed by atoms with Crippen molar-refractivity contribution in [2.75, 3.05) is 7.11 Å². The molecule has 0 saturated carbocycles. The molecule has 0 aromatic heterocycles. The van der Waals surface area contributed by atoms with Crippen LogP contribution in [0.15, 0.2) is 56.8 Å². The normalized spacial score (nSPS) is 17.4. The van der Waals surface area contributed by atoms with Gasteiger partial charge in [0.2, 0.25) is 0 Å². The van der Waals surface area contributed by atoms with Crippen LogP contribution in [-0.2, 0) is 4.79 Å². The lowest BCUT2D eigenvalue weighted by molar-refractivity contribution is -0.115. The molecule has 1 heterocycles. The number of hydrogen-bond acceptors (Lipinski definition) is 4. The van der Waals surface area contributed by atoms with Gasteiger partial charge in [-0.3, -0.25) is 4.79 Å². The van der Waals surface area contributed by atoms with Gasteiger partial charge in [-0.2, -0.15) is 0 Å². The maximum atomic E-state index is 12.2. The first kappa shape index (κ1) is 17.5. The first-order chi connectivity index (χ1) is 11.5. The molecule has 122 valence electrons. The molecule has 0 radical (unpaired) electrons. The minimum atomic E-state index is -0.161. The Morgan fingerprint density at radius 3 is 2.88 bits per heavy atom. The molecule has 1 fully saturated rings. The van der Waals surface area contributed by atoms with E-state index < -0.39 is 0 Å². The number of methoxy groups -OCH3 is 1. The van der Waals surface area contributed by atoms with Gasteiger partial charge in [-0.15, -0.1) is 0 Å². The molecule has 1 N–H and O–H groups in total. The van der Waals surface area contributed by atoms with Crippen LogP contribution >= 0.6 is 50.3 Å². The number of hydrogen-bond donors (Lipinski definition) is 1. The molecule has 3 rings (SSSR count). The first-order valence-corrected chi connectivity index (χ1v) is 9.62. The molecule has 1 aliphatic rings.